The molecule has 2 aliphatic heterocycles. The molecular weight excluding hydrogens is 210 g/mol. The molecule has 3 aliphatic rings. The summed E-state index contributed by atoms with van der Waals surface area (Å²) in [5.41, 5.74) is 6.64. The minimum atomic E-state index is 0.442. The number of rotatable bonds is 0. The lowest BCUT2D eigenvalue weighted by Gasteiger charge is -2.49. The van der Waals surface area contributed by atoms with Crippen LogP contribution in [0.5, 0.6) is 0 Å². The first-order valence-corrected chi connectivity index (χ1v) is 7.40. The minimum absolute atomic E-state index is 0.442. The van der Waals surface area contributed by atoms with Crippen LogP contribution in [0.25, 0.3) is 0 Å². The smallest absolute Gasteiger partial charge is 0.146 e. The Morgan fingerprint density at radius 2 is 1.82 bits per heavy atom. The van der Waals surface area contributed by atoms with Gasteiger partial charge in [0.2, 0.25) is 0 Å². The highest BCUT2D eigenvalue weighted by Gasteiger charge is 2.54. The third kappa shape index (κ3) is 1.74. The SMILES string of the molecule is CC1CCC(C)C2C(N)C3CCN(C)C3[NH2+]C12. The molecule has 0 aromatic carbocycles. The van der Waals surface area contributed by atoms with Gasteiger partial charge >= 0.3 is 0 Å². The Morgan fingerprint density at radius 1 is 1.12 bits per heavy atom. The monoisotopic (exact) mass is 238 g/mol. The number of nitrogens with zero attached hydrogens (tertiary/aromatic N) is 1. The number of hydrogen-bond acceptors (Lipinski definition) is 2. The van der Waals surface area contributed by atoms with Crippen LogP contribution in [0.3, 0.4) is 0 Å². The first-order chi connectivity index (χ1) is 8.09. The molecule has 4 N–H and O–H groups in total. The van der Waals surface area contributed by atoms with Crippen molar-refractivity contribution >= 4 is 0 Å². The molecule has 7 unspecified atom stereocenters. The molecule has 0 aromatic rings. The largest absolute Gasteiger partial charge is 0.328 e. The zero-order valence-electron chi connectivity index (χ0n) is 11.5. The molecule has 98 valence electrons. The number of quaternary nitrogens is 1. The van der Waals surface area contributed by atoms with E-state index >= 15 is 0 Å². The average molecular weight is 238 g/mol. The van der Waals surface area contributed by atoms with Crippen LogP contribution in [-0.2, 0) is 0 Å². The van der Waals surface area contributed by atoms with E-state index in [-0.39, 0.29) is 0 Å². The summed E-state index contributed by atoms with van der Waals surface area (Å²) in [6.07, 6.45) is 4.76. The molecular formula is C14H28N3+. The third-order valence-corrected chi connectivity index (χ3v) is 5.96. The van der Waals surface area contributed by atoms with E-state index in [2.05, 4.69) is 31.1 Å². The fraction of sp³-hybridized carbons (Fsp3) is 1.00. The fourth-order valence-corrected chi connectivity index (χ4v) is 4.85. The van der Waals surface area contributed by atoms with Gasteiger partial charge in [-0.05, 0) is 32.2 Å². The molecule has 0 amide bonds. The maximum Gasteiger partial charge on any atom is 0.146 e. The van der Waals surface area contributed by atoms with Crippen LogP contribution in [0.2, 0.25) is 0 Å². The van der Waals surface area contributed by atoms with E-state index in [1.807, 2.05) is 0 Å². The second kappa shape index (κ2) is 4.22. The van der Waals surface area contributed by atoms with Gasteiger partial charge in [-0.1, -0.05) is 13.8 Å². The van der Waals surface area contributed by atoms with Crippen molar-refractivity contribution in [2.24, 2.45) is 29.4 Å². The Morgan fingerprint density at radius 3 is 2.59 bits per heavy atom. The van der Waals surface area contributed by atoms with Crippen LogP contribution < -0.4 is 11.1 Å². The van der Waals surface area contributed by atoms with E-state index in [9.17, 15) is 0 Å². The summed E-state index contributed by atoms with van der Waals surface area (Å²) in [5, 5.41) is 2.67. The van der Waals surface area contributed by atoms with E-state index in [0.717, 1.165) is 29.7 Å². The van der Waals surface area contributed by atoms with E-state index in [1.54, 1.807) is 0 Å². The molecule has 0 bridgehead atoms. The van der Waals surface area contributed by atoms with Crippen LogP contribution >= 0.6 is 0 Å². The number of fused-ring (bicyclic) bond motifs is 2. The number of hydrogen-bond donors (Lipinski definition) is 2. The van der Waals surface area contributed by atoms with Gasteiger partial charge in [0.1, 0.15) is 6.17 Å². The van der Waals surface area contributed by atoms with Crippen LogP contribution in [0.1, 0.15) is 33.1 Å². The maximum atomic E-state index is 6.64. The van der Waals surface area contributed by atoms with Gasteiger partial charge in [0, 0.05) is 30.3 Å². The van der Waals surface area contributed by atoms with E-state index in [4.69, 9.17) is 5.73 Å². The van der Waals surface area contributed by atoms with Crippen molar-refractivity contribution in [2.45, 2.75) is 51.4 Å². The molecule has 0 spiro atoms. The highest BCUT2D eigenvalue weighted by Crippen LogP contribution is 2.40. The molecule has 3 nitrogen and oxygen atoms in total. The molecule has 2 saturated heterocycles. The molecule has 3 heteroatoms. The summed E-state index contributed by atoms with van der Waals surface area (Å²) in [5.74, 6) is 3.16. The Balaban J connectivity index is 1.86. The van der Waals surface area contributed by atoms with Gasteiger partial charge in [0.25, 0.3) is 0 Å². The molecule has 1 aliphatic carbocycles. The fourth-order valence-electron chi connectivity index (χ4n) is 4.85. The zero-order chi connectivity index (χ0) is 12.2. The minimum Gasteiger partial charge on any atom is -0.328 e. The second-order valence-electron chi connectivity index (χ2n) is 6.88. The van der Waals surface area contributed by atoms with Gasteiger partial charge in [0.15, 0.2) is 0 Å². The zero-order valence-corrected chi connectivity index (χ0v) is 11.5. The molecule has 7 atom stereocenters. The number of nitrogens with two attached hydrogens (primary N) is 2. The Hall–Kier alpha value is -0.120. The van der Waals surface area contributed by atoms with Crippen molar-refractivity contribution in [2.75, 3.05) is 13.6 Å². The lowest BCUT2D eigenvalue weighted by atomic mass is 9.63. The van der Waals surface area contributed by atoms with Gasteiger partial charge < -0.3 is 11.1 Å². The average Bonchev–Trinajstić information content (AvgIpc) is 2.67. The van der Waals surface area contributed by atoms with Gasteiger partial charge in [0.05, 0.1) is 6.04 Å². The lowest BCUT2D eigenvalue weighted by molar-refractivity contribution is -0.765. The van der Waals surface area contributed by atoms with Crippen LogP contribution in [0.4, 0.5) is 0 Å². The van der Waals surface area contributed by atoms with Gasteiger partial charge in [-0.25, -0.2) is 0 Å². The molecule has 3 rings (SSSR count). The molecule has 2 heterocycles. The first kappa shape index (κ1) is 11.9. The Bertz CT molecular complexity index is 293. The van der Waals surface area contributed by atoms with Crippen LogP contribution in [0, 0.1) is 23.7 Å². The van der Waals surface area contributed by atoms with E-state index in [1.165, 1.54) is 25.8 Å². The topological polar surface area (TPSA) is 45.9 Å². The van der Waals surface area contributed by atoms with Crippen molar-refractivity contribution in [3.05, 3.63) is 0 Å². The van der Waals surface area contributed by atoms with Crippen molar-refractivity contribution in [1.82, 2.24) is 4.90 Å². The summed E-state index contributed by atoms with van der Waals surface area (Å²) in [4.78, 5) is 2.52. The highest BCUT2D eigenvalue weighted by atomic mass is 15.3. The Kier molecular flexibility index (Phi) is 2.96. The molecule has 1 saturated carbocycles. The highest BCUT2D eigenvalue weighted by molar-refractivity contribution is 4.99. The number of likely N-dealkylation sites (tertiary alicyclic amines) is 1. The van der Waals surface area contributed by atoms with Crippen LogP contribution in [0.15, 0.2) is 0 Å². The molecule has 3 fully saturated rings. The summed E-state index contributed by atoms with van der Waals surface area (Å²) in [6, 6.07) is 1.22. The van der Waals surface area contributed by atoms with E-state index < -0.39 is 0 Å². The quantitative estimate of drug-likeness (QED) is 0.634. The van der Waals surface area contributed by atoms with E-state index in [0.29, 0.717) is 12.2 Å². The summed E-state index contributed by atoms with van der Waals surface area (Å²) >= 11 is 0. The summed E-state index contributed by atoms with van der Waals surface area (Å²) in [7, 11) is 2.27. The maximum absolute atomic E-state index is 6.64. The number of piperidine rings is 1. The first-order valence-electron chi connectivity index (χ1n) is 7.40. The standard InChI is InChI=1S/C14H27N3/c1-8-4-5-9(2)13-11(8)12(15)10-6-7-17(3)14(10)16-13/h8-14,16H,4-7,15H2,1-3H3/p+1. The van der Waals surface area contributed by atoms with Crippen molar-refractivity contribution in [1.29, 1.82) is 0 Å². The molecule has 0 aromatic heterocycles. The van der Waals surface area contributed by atoms with Gasteiger partial charge in [-0.3, -0.25) is 4.90 Å². The van der Waals surface area contributed by atoms with Crippen LogP contribution in [-0.4, -0.2) is 36.7 Å². The van der Waals surface area contributed by atoms with Gasteiger partial charge in [-0.2, -0.15) is 0 Å². The summed E-state index contributed by atoms with van der Waals surface area (Å²) < 4.78 is 0. The third-order valence-electron chi connectivity index (χ3n) is 5.96. The van der Waals surface area contributed by atoms with Crippen molar-refractivity contribution in [3.8, 4) is 0 Å². The molecule has 17 heavy (non-hydrogen) atoms. The van der Waals surface area contributed by atoms with Gasteiger partial charge in [-0.15, -0.1) is 0 Å². The normalized spacial score (nSPS) is 55.4. The Labute approximate surface area is 105 Å². The second-order valence-corrected chi connectivity index (χ2v) is 6.88. The lowest BCUT2D eigenvalue weighted by Crippen LogP contribution is -3.04. The predicted molar refractivity (Wildman–Crippen MR) is 69.3 cm³/mol. The summed E-state index contributed by atoms with van der Waals surface area (Å²) in [6.45, 7) is 6.10. The van der Waals surface area contributed by atoms with Crippen molar-refractivity contribution in [3.63, 3.8) is 0 Å². The molecule has 0 radical (unpaired) electrons. The van der Waals surface area contributed by atoms with Crippen molar-refractivity contribution < 1.29 is 5.32 Å². The predicted octanol–water partition coefficient (Wildman–Crippen LogP) is 0.219.